The number of para-hydroxylation sites is 2. The van der Waals surface area contributed by atoms with Gasteiger partial charge in [-0.15, -0.1) is 0 Å². The van der Waals surface area contributed by atoms with Crippen molar-refractivity contribution in [1.29, 1.82) is 0 Å². The van der Waals surface area contributed by atoms with Crippen LogP contribution in [0.5, 0.6) is 11.5 Å². The molecule has 0 saturated heterocycles. The van der Waals surface area contributed by atoms with Crippen LogP contribution in [0.4, 0.5) is 15.6 Å². The number of hydrogen-bond acceptors (Lipinski definition) is 6. The predicted molar refractivity (Wildman–Crippen MR) is 122 cm³/mol. The van der Waals surface area contributed by atoms with Crippen molar-refractivity contribution in [2.75, 3.05) is 31.4 Å². The van der Waals surface area contributed by atoms with E-state index in [1.165, 1.54) is 7.11 Å². The molecule has 0 bridgehead atoms. The monoisotopic (exact) mass is 440 g/mol. The molecule has 0 unspecified atom stereocenters. The standard InChI is InChI=1S/C22H24N4O4S/c1-14-19(20(27)23-13-12-15-8-10-16(29-2)11-9-15)31-22(24-14)26-21(28)25-17-6-4-5-7-18(17)30-3/h4-11H,12-13H2,1-3H3,(H,23,27)(H2,24,25,26,28). The maximum Gasteiger partial charge on any atom is 0.325 e. The maximum atomic E-state index is 12.5. The molecule has 3 N–H and O–H groups in total. The smallest absolute Gasteiger partial charge is 0.325 e. The Morgan fingerprint density at radius 2 is 1.74 bits per heavy atom. The van der Waals surface area contributed by atoms with E-state index in [9.17, 15) is 9.59 Å². The fourth-order valence-corrected chi connectivity index (χ4v) is 3.73. The number of aromatic nitrogens is 1. The lowest BCUT2D eigenvalue weighted by atomic mass is 10.1. The van der Waals surface area contributed by atoms with E-state index in [4.69, 9.17) is 9.47 Å². The summed E-state index contributed by atoms with van der Waals surface area (Å²) in [5.74, 6) is 1.12. The quantitative estimate of drug-likeness (QED) is 0.490. The highest BCUT2D eigenvalue weighted by Crippen LogP contribution is 2.25. The number of urea groups is 1. The number of aryl methyl sites for hydroxylation is 1. The van der Waals surface area contributed by atoms with E-state index in [2.05, 4.69) is 20.9 Å². The molecule has 0 radical (unpaired) electrons. The highest BCUT2D eigenvalue weighted by molar-refractivity contribution is 7.17. The molecule has 9 heteroatoms. The van der Waals surface area contributed by atoms with Gasteiger partial charge in [0.05, 0.1) is 25.6 Å². The van der Waals surface area contributed by atoms with Gasteiger partial charge in [-0.3, -0.25) is 10.1 Å². The molecule has 0 atom stereocenters. The number of ether oxygens (including phenoxy) is 2. The Labute approximate surface area is 184 Å². The Balaban J connectivity index is 1.54. The number of anilines is 2. The van der Waals surface area contributed by atoms with Crippen molar-refractivity contribution < 1.29 is 19.1 Å². The number of benzene rings is 2. The molecule has 162 valence electrons. The normalized spacial score (nSPS) is 10.3. The summed E-state index contributed by atoms with van der Waals surface area (Å²) < 4.78 is 10.4. The van der Waals surface area contributed by atoms with Gasteiger partial charge in [-0.25, -0.2) is 9.78 Å². The van der Waals surface area contributed by atoms with Gasteiger partial charge < -0.3 is 20.1 Å². The summed E-state index contributed by atoms with van der Waals surface area (Å²) in [6.45, 7) is 2.22. The Kier molecular flexibility index (Phi) is 7.45. The van der Waals surface area contributed by atoms with Gasteiger partial charge in [0, 0.05) is 6.54 Å². The highest BCUT2D eigenvalue weighted by Gasteiger charge is 2.17. The van der Waals surface area contributed by atoms with Crippen LogP contribution in [0.3, 0.4) is 0 Å². The second-order valence-corrected chi connectivity index (χ2v) is 7.57. The molecule has 2 aromatic carbocycles. The first-order chi connectivity index (χ1) is 15.0. The van der Waals surface area contributed by atoms with E-state index in [1.54, 1.807) is 32.2 Å². The summed E-state index contributed by atoms with van der Waals surface area (Å²) in [5, 5.41) is 8.60. The molecule has 0 aliphatic carbocycles. The van der Waals surface area contributed by atoms with Crippen LogP contribution in [-0.4, -0.2) is 37.7 Å². The molecule has 8 nitrogen and oxygen atoms in total. The minimum Gasteiger partial charge on any atom is -0.497 e. The zero-order valence-corrected chi connectivity index (χ0v) is 18.3. The van der Waals surface area contributed by atoms with Gasteiger partial charge in [-0.05, 0) is 43.2 Å². The average molecular weight is 441 g/mol. The zero-order valence-electron chi connectivity index (χ0n) is 17.5. The molecule has 0 aliphatic heterocycles. The first-order valence-corrected chi connectivity index (χ1v) is 10.4. The summed E-state index contributed by atoms with van der Waals surface area (Å²) >= 11 is 1.12. The third-order valence-corrected chi connectivity index (χ3v) is 5.51. The first-order valence-electron chi connectivity index (χ1n) is 9.59. The van der Waals surface area contributed by atoms with Crippen molar-refractivity contribution in [3.63, 3.8) is 0 Å². The lowest BCUT2D eigenvalue weighted by Crippen LogP contribution is -2.25. The van der Waals surface area contributed by atoms with Crippen LogP contribution in [0.15, 0.2) is 48.5 Å². The summed E-state index contributed by atoms with van der Waals surface area (Å²) in [7, 11) is 3.15. The van der Waals surface area contributed by atoms with Crippen LogP contribution in [0.2, 0.25) is 0 Å². The van der Waals surface area contributed by atoms with Gasteiger partial charge in [0.15, 0.2) is 5.13 Å². The Hall–Kier alpha value is -3.59. The molecular formula is C22H24N4O4S. The van der Waals surface area contributed by atoms with Crippen LogP contribution >= 0.6 is 11.3 Å². The third-order valence-electron chi connectivity index (χ3n) is 4.44. The van der Waals surface area contributed by atoms with E-state index in [0.29, 0.717) is 40.1 Å². The van der Waals surface area contributed by atoms with E-state index < -0.39 is 6.03 Å². The Bertz CT molecular complexity index is 1050. The Morgan fingerprint density at radius 3 is 2.45 bits per heavy atom. The molecule has 31 heavy (non-hydrogen) atoms. The minimum atomic E-state index is -0.468. The van der Waals surface area contributed by atoms with Gasteiger partial charge in [0.25, 0.3) is 5.91 Å². The zero-order chi connectivity index (χ0) is 22.2. The fourth-order valence-electron chi connectivity index (χ4n) is 2.85. The Morgan fingerprint density at radius 1 is 1.00 bits per heavy atom. The molecule has 3 aromatic rings. The van der Waals surface area contributed by atoms with Gasteiger partial charge in [-0.2, -0.15) is 0 Å². The van der Waals surface area contributed by atoms with Crippen LogP contribution in [-0.2, 0) is 6.42 Å². The van der Waals surface area contributed by atoms with E-state index in [0.717, 1.165) is 22.6 Å². The third kappa shape index (κ3) is 5.95. The second kappa shape index (κ2) is 10.4. The fraction of sp³-hybridized carbons (Fsp3) is 0.227. The van der Waals surface area contributed by atoms with Gasteiger partial charge in [0.1, 0.15) is 16.4 Å². The van der Waals surface area contributed by atoms with Crippen molar-refractivity contribution in [2.24, 2.45) is 0 Å². The molecule has 3 amide bonds. The van der Waals surface area contributed by atoms with Crippen molar-refractivity contribution in [3.05, 3.63) is 64.7 Å². The minimum absolute atomic E-state index is 0.221. The molecule has 0 aliphatic rings. The number of nitrogens with zero attached hydrogens (tertiary/aromatic N) is 1. The van der Waals surface area contributed by atoms with Crippen molar-refractivity contribution in [1.82, 2.24) is 10.3 Å². The van der Waals surface area contributed by atoms with Crippen LogP contribution in [0.25, 0.3) is 0 Å². The summed E-state index contributed by atoms with van der Waals surface area (Å²) in [6.07, 6.45) is 0.694. The lowest BCUT2D eigenvalue weighted by Gasteiger charge is -2.09. The number of carbonyl (C=O) groups excluding carboxylic acids is 2. The van der Waals surface area contributed by atoms with Gasteiger partial charge in [-0.1, -0.05) is 35.6 Å². The molecule has 0 saturated carbocycles. The van der Waals surface area contributed by atoms with Crippen LogP contribution in [0.1, 0.15) is 20.9 Å². The largest absolute Gasteiger partial charge is 0.497 e. The molecule has 1 aromatic heterocycles. The lowest BCUT2D eigenvalue weighted by molar-refractivity contribution is 0.0957. The number of thiazole rings is 1. The van der Waals surface area contributed by atoms with E-state index >= 15 is 0 Å². The van der Waals surface area contributed by atoms with Crippen LogP contribution in [0, 0.1) is 6.92 Å². The highest BCUT2D eigenvalue weighted by atomic mass is 32.1. The molecule has 0 spiro atoms. The molecule has 3 rings (SSSR count). The average Bonchev–Trinajstić information content (AvgIpc) is 3.14. The second-order valence-electron chi connectivity index (χ2n) is 6.57. The van der Waals surface area contributed by atoms with Crippen molar-refractivity contribution >= 4 is 34.1 Å². The topological polar surface area (TPSA) is 102 Å². The maximum absolute atomic E-state index is 12.5. The number of carbonyl (C=O) groups is 2. The SMILES string of the molecule is COc1ccc(CCNC(=O)c2sc(NC(=O)Nc3ccccc3OC)nc2C)cc1. The number of methoxy groups -OCH3 is 2. The van der Waals surface area contributed by atoms with Gasteiger partial charge in [0.2, 0.25) is 0 Å². The molecular weight excluding hydrogens is 416 g/mol. The van der Waals surface area contributed by atoms with E-state index in [1.807, 2.05) is 30.3 Å². The summed E-state index contributed by atoms with van der Waals surface area (Å²) in [5.41, 5.74) is 2.18. The predicted octanol–water partition coefficient (Wildman–Crippen LogP) is 4.09. The number of hydrogen-bond donors (Lipinski definition) is 3. The van der Waals surface area contributed by atoms with Crippen LogP contribution < -0.4 is 25.4 Å². The van der Waals surface area contributed by atoms with E-state index in [-0.39, 0.29) is 5.91 Å². The summed E-state index contributed by atoms with van der Waals surface area (Å²) in [4.78, 5) is 29.6. The summed E-state index contributed by atoms with van der Waals surface area (Å²) in [6, 6.07) is 14.3. The first kappa shape index (κ1) is 22.1. The molecule has 0 fully saturated rings. The number of amides is 3. The van der Waals surface area contributed by atoms with Crippen molar-refractivity contribution in [3.8, 4) is 11.5 Å². The van der Waals surface area contributed by atoms with Gasteiger partial charge >= 0.3 is 6.03 Å². The number of nitrogens with one attached hydrogen (secondary N) is 3. The molecule has 1 heterocycles. The number of rotatable bonds is 8. The van der Waals surface area contributed by atoms with Crippen molar-refractivity contribution in [2.45, 2.75) is 13.3 Å².